The molecule has 0 saturated carbocycles. The Balaban J connectivity index is 2.51. The van der Waals surface area contributed by atoms with Crippen molar-refractivity contribution >= 4 is 0 Å². The molecule has 1 saturated heterocycles. The maximum absolute atomic E-state index is 6.01. The fourth-order valence-corrected chi connectivity index (χ4v) is 3.30. The van der Waals surface area contributed by atoms with E-state index in [4.69, 9.17) is 5.73 Å². The summed E-state index contributed by atoms with van der Waals surface area (Å²) in [5.41, 5.74) is 6.01. The molecule has 0 amide bonds. The average molecular weight is 240 g/mol. The summed E-state index contributed by atoms with van der Waals surface area (Å²) in [5.74, 6) is 3.21. The van der Waals surface area contributed by atoms with Crippen LogP contribution in [0.4, 0.5) is 0 Å². The largest absolute Gasteiger partial charge is 0.329 e. The third-order valence-electron chi connectivity index (χ3n) is 4.41. The van der Waals surface area contributed by atoms with Gasteiger partial charge in [-0.1, -0.05) is 34.6 Å². The molecular formula is C15H32N2. The molecule has 17 heavy (non-hydrogen) atoms. The normalized spacial score (nSPS) is 25.8. The molecule has 2 heteroatoms. The quantitative estimate of drug-likeness (QED) is 0.773. The van der Waals surface area contributed by atoms with Crippen LogP contribution < -0.4 is 5.73 Å². The molecule has 1 aliphatic rings. The topological polar surface area (TPSA) is 29.3 Å². The molecule has 1 fully saturated rings. The van der Waals surface area contributed by atoms with Crippen molar-refractivity contribution in [3.05, 3.63) is 0 Å². The molecule has 0 aromatic heterocycles. The Morgan fingerprint density at radius 1 is 1.18 bits per heavy atom. The monoisotopic (exact) mass is 240 g/mol. The molecule has 2 N–H and O–H groups in total. The predicted molar refractivity (Wildman–Crippen MR) is 76.0 cm³/mol. The van der Waals surface area contributed by atoms with Gasteiger partial charge >= 0.3 is 0 Å². The van der Waals surface area contributed by atoms with E-state index in [2.05, 4.69) is 39.5 Å². The summed E-state index contributed by atoms with van der Waals surface area (Å²) in [6.45, 7) is 15.0. The highest BCUT2D eigenvalue weighted by Crippen LogP contribution is 2.28. The fraction of sp³-hybridized carbons (Fsp3) is 1.00. The van der Waals surface area contributed by atoms with Crippen molar-refractivity contribution in [1.82, 2.24) is 4.90 Å². The first-order valence-electron chi connectivity index (χ1n) is 7.39. The van der Waals surface area contributed by atoms with Crippen LogP contribution >= 0.6 is 0 Å². The van der Waals surface area contributed by atoms with Crippen molar-refractivity contribution in [3.63, 3.8) is 0 Å². The van der Waals surface area contributed by atoms with Crippen molar-refractivity contribution in [2.75, 3.05) is 19.6 Å². The first kappa shape index (κ1) is 15.0. The van der Waals surface area contributed by atoms with Crippen molar-refractivity contribution in [2.45, 2.75) is 53.5 Å². The van der Waals surface area contributed by atoms with Gasteiger partial charge in [0.1, 0.15) is 0 Å². The van der Waals surface area contributed by atoms with Crippen molar-refractivity contribution in [2.24, 2.45) is 29.4 Å². The number of hydrogen-bond acceptors (Lipinski definition) is 2. The number of nitrogens with zero attached hydrogens (tertiary/aromatic N) is 1. The first-order chi connectivity index (χ1) is 7.95. The van der Waals surface area contributed by atoms with Crippen LogP contribution in [0.3, 0.4) is 0 Å². The van der Waals surface area contributed by atoms with Gasteiger partial charge in [-0.25, -0.2) is 0 Å². The number of nitrogens with two attached hydrogens (primary N) is 1. The van der Waals surface area contributed by atoms with Crippen LogP contribution in [0, 0.1) is 23.7 Å². The molecule has 1 aliphatic heterocycles. The lowest BCUT2D eigenvalue weighted by Gasteiger charge is -2.33. The second kappa shape index (κ2) is 6.75. The van der Waals surface area contributed by atoms with E-state index in [1.165, 1.54) is 25.9 Å². The third kappa shape index (κ3) is 4.26. The highest BCUT2D eigenvalue weighted by molar-refractivity contribution is 4.86. The van der Waals surface area contributed by atoms with E-state index in [9.17, 15) is 0 Å². The van der Waals surface area contributed by atoms with Crippen LogP contribution in [-0.4, -0.2) is 30.6 Å². The van der Waals surface area contributed by atoms with Gasteiger partial charge in [0.05, 0.1) is 0 Å². The summed E-state index contributed by atoms with van der Waals surface area (Å²) in [7, 11) is 0. The summed E-state index contributed by atoms with van der Waals surface area (Å²) in [5, 5.41) is 0. The number of hydrogen-bond donors (Lipinski definition) is 1. The maximum atomic E-state index is 6.01. The van der Waals surface area contributed by atoms with Gasteiger partial charge in [-0.2, -0.15) is 0 Å². The molecule has 0 spiro atoms. The second-order valence-electron chi connectivity index (χ2n) is 6.70. The van der Waals surface area contributed by atoms with Crippen molar-refractivity contribution in [1.29, 1.82) is 0 Å². The lowest BCUT2D eigenvalue weighted by molar-refractivity contribution is 0.162. The minimum Gasteiger partial charge on any atom is -0.329 e. The molecule has 3 atom stereocenters. The molecule has 1 heterocycles. The minimum absolute atomic E-state index is 0.598. The van der Waals surface area contributed by atoms with Gasteiger partial charge in [-0.3, -0.25) is 4.90 Å². The first-order valence-corrected chi connectivity index (χ1v) is 7.39. The van der Waals surface area contributed by atoms with Crippen LogP contribution in [0.1, 0.15) is 47.5 Å². The minimum atomic E-state index is 0.598. The van der Waals surface area contributed by atoms with Gasteiger partial charge in [0, 0.05) is 19.1 Å². The highest BCUT2D eigenvalue weighted by Gasteiger charge is 2.31. The molecule has 0 radical (unpaired) electrons. The lowest BCUT2D eigenvalue weighted by Crippen LogP contribution is -2.44. The molecule has 3 unspecified atom stereocenters. The molecule has 102 valence electrons. The SMILES string of the molecule is CC(C)CC(C)C(CN)N1CCC(C(C)C)C1. The fourth-order valence-electron chi connectivity index (χ4n) is 3.30. The van der Waals surface area contributed by atoms with Crippen LogP contribution in [-0.2, 0) is 0 Å². The molecule has 0 bridgehead atoms. The summed E-state index contributed by atoms with van der Waals surface area (Å²) < 4.78 is 0. The Morgan fingerprint density at radius 2 is 1.82 bits per heavy atom. The van der Waals surface area contributed by atoms with E-state index in [1.807, 2.05) is 0 Å². The van der Waals surface area contributed by atoms with Crippen LogP contribution in [0.25, 0.3) is 0 Å². The summed E-state index contributed by atoms with van der Waals surface area (Å²) in [4.78, 5) is 2.65. The van der Waals surface area contributed by atoms with E-state index >= 15 is 0 Å². The summed E-state index contributed by atoms with van der Waals surface area (Å²) in [6.07, 6.45) is 2.66. The zero-order valence-electron chi connectivity index (χ0n) is 12.4. The predicted octanol–water partition coefficient (Wildman–Crippen LogP) is 2.97. The van der Waals surface area contributed by atoms with Crippen molar-refractivity contribution < 1.29 is 0 Å². The van der Waals surface area contributed by atoms with Crippen LogP contribution in [0.15, 0.2) is 0 Å². The van der Waals surface area contributed by atoms with E-state index < -0.39 is 0 Å². The van der Waals surface area contributed by atoms with Crippen LogP contribution in [0.5, 0.6) is 0 Å². The van der Waals surface area contributed by atoms with Gasteiger partial charge in [-0.05, 0) is 43.1 Å². The molecular weight excluding hydrogens is 208 g/mol. The van der Waals surface area contributed by atoms with Gasteiger partial charge in [0.25, 0.3) is 0 Å². The van der Waals surface area contributed by atoms with E-state index in [1.54, 1.807) is 0 Å². The summed E-state index contributed by atoms with van der Waals surface area (Å²) in [6, 6.07) is 0.598. The third-order valence-corrected chi connectivity index (χ3v) is 4.41. The zero-order chi connectivity index (χ0) is 13.0. The zero-order valence-corrected chi connectivity index (χ0v) is 12.4. The smallest absolute Gasteiger partial charge is 0.0244 e. The van der Waals surface area contributed by atoms with Crippen LogP contribution in [0.2, 0.25) is 0 Å². The molecule has 2 nitrogen and oxygen atoms in total. The van der Waals surface area contributed by atoms with E-state index in [0.29, 0.717) is 6.04 Å². The maximum Gasteiger partial charge on any atom is 0.0244 e. The molecule has 0 aromatic rings. The Kier molecular flexibility index (Phi) is 5.94. The van der Waals surface area contributed by atoms with E-state index in [-0.39, 0.29) is 0 Å². The van der Waals surface area contributed by atoms with Gasteiger partial charge in [0.15, 0.2) is 0 Å². The molecule has 0 aliphatic carbocycles. The van der Waals surface area contributed by atoms with Gasteiger partial charge in [0.2, 0.25) is 0 Å². The molecule has 0 aromatic carbocycles. The second-order valence-corrected chi connectivity index (χ2v) is 6.70. The molecule has 1 rings (SSSR count). The number of likely N-dealkylation sites (tertiary alicyclic amines) is 1. The number of rotatable bonds is 6. The Labute approximate surface area is 108 Å². The lowest BCUT2D eigenvalue weighted by atomic mass is 9.91. The van der Waals surface area contributed by atoms with Crippen molar-refractivity contribution in [3.8, 4) is 0 Å². The Hall–Kier alpha value is -0.0800. The average Bonchev–Trinajstić information content (AvgIpc) is 2.66. The standard InChI is InChI=1S/C15H32N2/c1-11(2)8-13(5)15(9-16)17-7-6-14(10-17)12(3)4/h11-15H,6-10,16H2,1-5H3. The Bertz CT molecular complexity index is 213. The Morgan fingerprint density at radius 3 is 2.24 bits per heavy atom. The van der Waals surface area contributed by atoms with Gasteiger partial charge < -0.3 is 5.73 Å². The van der Waals surface area contributed by atoms with E-state index in [0.717, 1.165) is 30.2 Å². The highest BCUT2D eigenvalue weighted by atomic mass is 15.2. The van der Waals surface area contributed by atoms with Gasteiger partial charge in [-0.15, -0.1) is 0 Å². The summed E-state index contributed by atoms with van der Waals surface area (Å²) >= 11 is 0.